The standard InChI is InChI=1S/C21H24F3N3O4/c1-3-15-18(30)25-8-9-27(15)17(29)12-20(11-16(28)26(4-2)19(20)31)13-6-5-7-14(10-13)21(22,23)24/h5-7,10,15H,3-4,8-9,11-12H2,1-2H3,(H,25,30)/t15-,20+/m0/s1. The maximum Gasteiger partial charge on any atom is 0.416 e. The Bertz CT molecular complexity index is 917. The second-order valence-electron chi connectivity index (χ2n) is 7.76. The lowest BCUT2D eigenvalue weighted by atomic mass is 9.75. The highest BCUT2D eigenvalue weighted by Crippen LogP contribution is 2.42. The van der Waals surface area contributed by atoms with E-state index in [9.17, 15) is 32.3 Å². The molecule has 3 rings (SSSR count). The van der Waals surface area contributed by atoms with Crippen molar-refractivity contribution < 1.29 is 32.3 Å². The molecule has 2 aliphatic rings. The van der Waals surface area contributed by atoms with Crippen molar-refractivity contribution in [1.82, 2.24) is 15.1 Å². The van der Waals surface area contributed by atoms with Gasteiger partial charge < -0.3 is 10.2 Å². The van der Waals surface area contributed by atoms with Crippen LogP contribution in [0.15, 0.2) is 24.3 Å². The summed E-state index contributed by atoms with van der Waals surface area (Å²) in [5.74, 6) is -2.10. The normalized spacial score (nSPS) is 24.5. The van der Waals surface area contributed by atoms with E-state index in [1.165, 1.54) is 17.0 Å². The second-order valence-corrected chi connectivity index (χ2v) is 7.76. The SMILES string of the molecule is CC[C@H]1C(=O)NCCN1C(=O)C[C@@]1(c2cccc(C(F)(F)F)c2)CC(=O)N(CC)C1=O. The summed E-state index contributed by atoms with van der Waals surface area (Å²) in [6, 6.07) is 3.49. The summed E-state index contributed by atoms with van der Waals surface area (Å²) in [5, 5.41) is 2.67. The second kappa shape index (κ2) is 8.32. The van der Waals surface area contributed by atoms with Crippen LogP contribution in [-0.2, 0) is 30.8 Å². The van der Waals surface area contributed by atoms with Gasteiger partial charge in [0.15, 0.2) is 0 Å². The minimum absolute atomic E-state index is 0.0283. The lowest BCUT2D eigenvalue weighted by molar-refractivity contribution is -0.146. The van der Waals surface area contributed by atoms with Gasteiger partial charge in [0.05, 0.1) is 11.0 Å². The summed E-state index contributed by atoms with van der Waals surface area (Å²) < 4.78 is 39.9. The van der Waals surface area contributed by atoms with Gasteiger partial charge in [-0.2, -0.15) is 13.2 Å². The zero-order valence-corrected chi connectivity index (χ0v) is 17.3. The Morgan fingerprint density at radius 2 is 1.94 bits per heavy atom. The molecule has 2 fully saturated rings. The lowest BCUT2D eigenvalue weighted by Crippen LogP contribution is -2.58. The van der Waals surface area contributed by atoms with Crippen molar-refractivity contribution in [2.75, 3.05) is 19.6 Å². The number of hydrogen-bond acceptors (Lipinski definition) is 4. The van der Waals surface area contributed by atoms with E-state index in [1.807, 2.05) is 0 Å². The minimum atomic E-state index is -4.64. The highest BCUT2D eigenvalue weighted by molar-refractivity contribution is 6.11. The van der Waals surface area contributed by atoms with Crippen LogP contribution in [0.3, 0.4) is 0 Å². The van der Waals surface area contributed by atoms with Gasteiger partial charge in [-0.25, -0.2) is 0 Å². The third-order valence-electron chi connectivity index (χ3n) is 5.96. The number of rotatable bonds is 5. The van der Waals surface area contributed by atoms with Crippen LogP contribution in [0.1, 0.15) is 44.2 Å². The number of imide groups is 1. The fraction of sp³-hybridized carbons (Fsp3) is 0.524. The third kappa shape index (κ3) is 4.03. The number of likely N-dealkylation sites (tertiary alicyclic amines) is 1. The van der Waals surface area contributed by atoms with Crippen LogP contribution < -0.4 is 5.32 Å². The molecule has 168 valence electrons. The van der Waals surface area contributed by atoms with Crippen LogP contribution in [-0.4, -0.2) is 59.1 Å². The number of likely N-dealkylation sites (N-methyl/N-ethyl adjacent to an activating group) is 1. The molecule has 0 aromatic heterocycles. The van der Waals surface area contributed by atoms with Gasteiger partial charge in [-0.15, -0.1) is 0 Å². The molecule has 2 saturated heterocycles. The number of benzene rings is 1. The number of halogens is 3. The van der Waals surface area contributed by atoms with E-state index in [4.69, 9.17) is 0 Å². The number of amides is 4. The fourth-order valence-electron chi connectivity index (χ4n) is 4.36. The van der Waals surface area contributed by atoms with E-state index in [0.29, 0.717) is 6.42 Å². The first-order valence-electron chi connectivity index (χ1n) is 10.1. The van der Waals surface area contributed by atoms with Gasteiger partial charge in [-0.3, -0.25) is 24.1 Å². The molecule has 2 atom stereocenters. The summed E-state index contributed by atoms with van der Waals surface area (Å²) in [4.78, 5) is 53.4. The number of nitrogens with one attached hydrogen (secondary N) is 1. The summed E-state index contributed by atoms with van der Waals surface area (Å²) in [6.45, 7) is 3.84. The molecule has 7 nitrogen and oxygen atoms in total. The summed E-state index contributed by atoms with van der Waals surface area (Å²) in [5.41, 5.74) is -2.73. The maximum atomic E-state index is 13.3. The van der Waals surface area contributed by atoms with Crippen molar-refractivity contribution in [2.24, 2.45) is 0 Å². The predicted molar refractivity (Wildman–Crippen MR) is 104 cm³/mol. The smallest absolute Gasteiger partial charge is 0.353 e. The molecule has 1 N–H and O–H groups in total. The highest BCUT2D eigenvalue weighted by atomic mass is 19.4. The van der Waals surface area contributed by atoms with E-state index in [-0.39, 0.29) is 31.1 Å². The molecular weight excluding hydrogens is 415 g/mol. The monoisotopic (exact) mass is 439 g/mol. The van der Waals surface area contributed by atoms with Crippen LogP contribution in [0.25, 0.3) is 0 Å². The highest BCUT2D eigenvalue weighted by Gasteiger charge is 2.54. The molecule has 2 heterocycles. The molecule has 0 unspecified atom stereocenters. The molecule has 2 aliphatic heterocycles. The van der Waals surface area contributed by atoms with E-state index >= 15 is 0 Å². The maximum absolute atomic E-state index is 13.3. The zero-order chi connectivity index (χ0) is 23.0. The molecule has 31 heavy (non-hydrogen) atoms. The molecule has 0 spiro atoms. The van der Waals surface area contributed by atoms with Crippen molar-refractivity contribution in [3.05, 3.63) is 35.4 Å². The Morgan fingerprint density at radius 3 is 2.52 bits per heavy atom. The van der Waals surface area contributed by atoms with Crippen LogP contribution in [0.5, 0.6) is 0 Å². The number of alkyl halides is 3. The van der Waals surface area contributed by atoms with E-state index in [0.717, 1.165) is 17.0 Å². The number of carbonyl (C=O) groups is 4. The Labute approximate surface area is 177 Å². The zero-order valence-electron chi connectivity index (χ0n) is 17.3. The van der Waals surface area contributed by atoms with E-state index < -0.39 is 53.8 Å². The summed E-state index contributed by atoms with van der Waals surface area (Å²) in [7, 11) is 0. The van der Waals surface area contributed by atoms with Gasteiger partial charge in [0.1, 0.15) is 6.04 Å². The topological polar surface area (TPSA) is 86.8 Å². The van der Waals surface area contributed by atoms with Crippen molar-refractivity contribution in [1.29, 1.82) is 0 Å². The van der Waals surface area contributed by atoms with Gasteiger partial charge in [0, 0.05) is 32.5 Å². The van der Waals surface area contributed by atoms with Gasteiger partial charge in [0.2, 0.25) is 23.6 Å². The lowest BCUT2D eigenvalue weighted by Gasteiger charge is -2.37. The van der Waals surface area contributed by atoms with Crippen molar-refractivity contribution in [2.45, 2.75) is 50.7 Å². The number of carbonyl (C=O) groups excluding carboxylic acids is 4. The average molecular weight is 439 g/mol. The molecule has 0 radical (unpaired) electrons. The first-order chi connectivity index (χ1) is 14.5. The predicted octanol–water partition coefficient (Wildman–Crippen LogP) is 1.85. The van der Waals surface area contributed by atoms with Crippen LogP contribution in [0.2, 0.25) is 0 Å². The molecule has 10 heteroatoms. The Kier molecular flexibility index (Phi) is 6.11. The summed E-state index contributed by atoms with van der Waals surface area (Å²) in [6.07, 6.45) is -5.18. The average Bonchev–Trinajstić information content (AvgIpc) is 2.97. The van der Waals surface area contributed by atoms with Gasteiger partial charge in [-0.05, 0) is 25.0 Å². The minimum Gasteiger partial charge on any atom is -0.353 e. The van der Waals surface area contributed by atoms with Gasteiger partial charge in [0.25, 0.3) is 0 Å². The van der Waals surface area contributed by atoms with E-state index in [1.54, 1.807) is 13.8 Å². The van der Waals surface area contributed by atoms with Gasteiger partial charge in [-0.1, -0.05) is 25.1 Å². The van der Waals surface area contributed by atoms with Crippen molar-refractivity contribution in [3.63, 3.8) is 0 Å². The van der Waals surface area contributed by atoms with Crippen LogP contribution in [0, 0.1) is 0 Å². The fourth-order valence-corrected chi connectivity index (χ4v) is 4.36. The molecule has 0 bridgehead atoms. The van der Waals surface area contributed by atoms with Crippen LogP contribution >= 0.6 is 0 Å². The largest absolute Gasteiger partial charge is 0.416 e. The molecule has 4 amide bonds. The Hall–Kier alpha value is -2.91. The molecule has 1 aromatic rings. The quantitative estimate of drug-likeness (QED) is 0.710. The molecule has 1 aromatic carbocycles. The third-order valence-corrected chi connectivity index (χ3v) is 5.96. The molecule has 0 saturated carbocycles. The Balaban J connectivity index is 2.05. The number of piperazine rings is 1. The summed E-state index contributed by atoms with van der Waals surface area (Å²) >= 11 is 0. The number of hydrogen-bond donors (Lipinski definition) is 1. The number of nitrogens with zero attached hydrogens (tertiary/aromatic N) is 2. The first kappa shape index (κ1) is 22.8. The molecular formula is C21H24F3N3O4. The van der Waals surface area contributed by atoms with Crippen molar-refractivity contribution in [3.8, 4) is 0 Å². The first-order valence-corrected chi connectivity index (χ1v) is 10.1. The van der Waals surface area contributed by atoms with Crippen LogP contribution in [0.4, 0.5) is 13.2 Å². The van der Waals surface area contributed by atoms with E-state index in [2.05, 4.69) is 5.32 Å². The van der Waals surface area contributed by atoms with Gasteiger partial charge >= 0.3 is 6.18 Å². The van der Waals surface area contributed by atoms with Crippen molar-refractivity contribution >= 4 is 23.6 Å². The Morgan fingerprint density at radius 1 is 1.23 bits per heavy atom. The molecule has 0 aliphatic carbocycles.